The number of rotatable bonds is 6. The molecule has 28 heavy (non-hydrogen) atoms. The van der Waals surface area contributed by atoms with Crippen molar-refractivity contribution in [1.29, 1.82) is 0 Å². The Morgan fingerprint density at radius 1 is 1.07 bits per heavy atom. The molecule has 2 aromatic carbocycles. The molecule has 0 saturated carbocycles. The second-order valence-corrected chi connectivity index (χ2v) is 8.34. The zero-order chi connectivity index (χ0) is 20.1. The number of hydrogen-bond acceptors (Lipinski definition) is 4. The number of hydrogen-bond donors (Lipinski definition) is 1. The maximum absolute atomic E-state index is 13.3. The molecular weight excluding hydrogens is 398 g/mol. The van der Waals surface area contributed by atoms with Crippen molar-refractivity contribution >= 4 is 38.9 Å². The van der Waals surface area contributed by atoms with E-state index >= 15 is 0 Å². The number of carbonyl (C=O) groups excluding carboxylic acids is 1. The molecule has 3 rings (SSSR count). The number of nitrogens with one attached hydrogen (secondary N) is 1. The number of sulfonamides is 1. The topological polar surface area (TPSA) is 79.4 Å². The van der Waals surface area contributed by atoms with Gasteiger partial charge in [0.05, 0.1) is 27.5 Å². The Labute approximate surface area is 168 Å². The lowest BCUT2D eigenvalue weighted by molar-refractivity contribution is -0.114. The fourth-order valence-corrected chi connectivity index (χ4v) is 4.29. The van der Waals surface area contributed by atoms with Crippen LogP contribution in [0.15, 0.2) is 78.0 Å². The highest BCUT2D eigenvalue weighted by atomic mass is 35.5. The van der Waals surface area contributed by atoms with Crippen molar-refractivity contribution in [2.75, 3.05) is 16.2 Å². The molecule has 0 atom stereocenters. The summed E-state index contributed by atoms with van der Waals surface area (Å²) in [5, 5.41) is 2.87. The van der Waals surface area contributed by atoms with Gasteiger partial charge in [0.15, 0.2) is 0 Å². The molecule has 0 aliphatic rings. The van der Waals surface area contributed by atoms with Gasteiger partial charge in [0.25, 0.3) is 10.0 Å². The summed E-state index contributed by atoms with van der Waals surface area (Å²) >= 11 is 6.23. The molecule has 0 bridgehead atoms. The van der Waals surface area contributed by atoms with Crippen molar-refractivity contribution in [3.63, 3.8) is 0 Å². The summed E-state index contributed by atoms with van der Waals surface area (Å²) in [6.45, 7) is 1.43. The summed E-state index contributed by atoms with van der Waals surface area (Å²) in [4.78, 5) is 16.6. The van der Waals surface area contributed by atoms with E-state index in [1.54, 1.807) is 54.7 Å². The molecule has 0 spiro atoms. The fourth-order valence-electron chi connectivity index (χ4n) is 2.56. The third-order valence-corrected chi connectivity index (χ3v) is 6.06. The van der Waals surface area contributed by atoms with E-state index in [-0.39, 0.29) is 15.6 Å². The van der Waals surface area contributed by atoms with E-state index in [0.717, 1.165) is 9.87 Å². The van der Waals surface area contributed by atoms with Crippen LogP contribution in [0.2, 0.25) is 5.02 Å². The van der Waals surface area contributed by atoms with Crippen LogP contribution in [0.1, 0.15) is 5.56 Å². The largest absolute Gasteiger partial charge is 0.323 e. The lowest BCUT2D eigenvalue weighted by atomic mass is 10.2. The standard InChI is InChI=1S/C20H18ClN3O3S/c1-15-8-10-17(11-9-15)28(26,27)24(19-7-3-2-6-18(19)21)14-20(25)23-16-5-4-12-22-13-16/h2-13H,14H2,1H3,(H,23,25). The monoisotopic (exact) mass is 415 g/mol. The van der Waals surface area contributed by atoms with Crippen LogP contribution in [-0.2, 0) is 14.8 Å². The first-order valence-electron chi connectivity index (χ1n) is 8.42. The molecule has 0 unspecified atom stereocenters. The molecule has 6 nitrogen and oxygen atoms in total. The number of amides is 1. The van der Waals surface area contributed by atoms with E-state index in [1.165, 1.54) is 18.3 Å². The third kappa shape index (κ3) is 4.49. The van der Waals surface area contributed by atoms with E-state index in [2.05, 4.69) is 10.3 Å². The predicted octanol–water partition coefficient (Wildman–Crippen LogP) is 3.88. The molecule has 1 aromatic heterocycles. The smallest absolute Gasteiger partial charge is 0.264 e. The average molecular weight is 416 g/mol. The molecule has 3 aromatic rings. The number of nitrogens with zero attached hydrogens (tertiary/aromatic N) is 2. The minimum absolute atomic E-state index is 0.0761. The van der Waals surface area contributed by atoms with Crippen molar-refractivity contribution in [3.8, 4) is 0 Å². The van der Waals surface area contributed by atoms with Gasteiger partial charge < -0.3 is 5.32 Å². The van der Waals surface area contributed by atoms with Crippen LogP contribution in [0.25, 0.3) is 0 Å². The number of halogens is 1. The molecule has 1 heterocycles. The van der Waals surface area contributed by atoms with Crippen molar-refractivity contribution in [3.05, 3.63) is 83.6 Å². The Morgan fingerprint density at radius 3 is 2.43 bits per heavy atom. The lowest BCUT2D eigenvalue weighted by Gasteiger charge is -2.25. The van der Waals surface area contributed by atoms with Gasteiger partial charge in [-0.2, -0.15) is 0 Å². The highest BCUT2D eigenvalue weighted by Gasteiger charge is 2.28. The van der Waals surface area contributed by atoms with Gasteiger partial charge in [-0.05, 0) is 43.3 Å². The number of benzene rings is 2. The number of aromatic nitrogens is 1. The van der Waals surface area contributed by atoms with Crippen LogP contribution in [0.4, 0.5) is 11.4 Å². The van der Waals surface area contributed by atoms with Gasteiger partial charge in [-0.15, -0.1) is 0 Å². The first kappa shape index (κ1) is 19.9. The second-order valence-electron chi connectivity index (χ2n) is 6.07. The lowest BCUT2D eigenvalue weighted by Crippen LogP contribution is -2.38. The van der Waals surface area contributed by atoms with E-state index in [0.29, 0.717) is 5.69 Å². The van der Waals surface area contributed by atoms with Crippen LogP contribution in [0.3, 0.4) is 0 Å². The zero-order valence-corrected chi connectivity index (χ0v) is 16.6. The minimum Gasteiger partial charge on any atom is -0.323 e. The fraction of sp³-hybridized carbons (Fsp3) is 0.100. The maximum atomic E-state index is 13.3. The first-order valence-corrected chi connectivity index (χ1v) is 10.2. The van der Waals surface area contributed by atoms with Gasteiger partial charge in [-0.1, -0.05) is 41.4 Å². The van der Waals surface area contributed by atoms with Crippen LogP contribution < -0.4 is 9.62 Å². The Kier molecular flexibility index (Phi) is 5.96. The van der Waals surface area contributed by atoms with E-state index in [1.807, 2.05) is 6.92 Å². The number of pyridine rings is 1. The van der Waals surface area contributed by atoms with E-state index < -0.39 is 22.5 Å². The Balaban J connectivity index is 1.97. The van der Waals surface area contributed by atoms with E-state index in [9.17, 15) is 13.2 Å². The maximum Gasteiger partial charge on any atom is 0.264 e. The summed E-state index contributed by atoms with van der Waals surface area (Å²) in [5.41, 5.74) is 1.63. The predicted molar refractivity (Wildman–Crippen MR) is 110 cm³/mol. The first-order chi connectivity index (χ1) is 13.4. The van der Waals surface area contributed by atoms with Gasteiger partial charge >= 0.3 is 0 Å². The molecule has 144 valence electrons. The highest BCUT2D eigenvalue weighted by molar-refractivity contribution is 7.92. The summed E-state index contributed by atoms with van der Waals surface area (Å²) in [6, 6.07) is 16.3. The van der Waals surface area contributed by atoms with E-state index in [4.69, 9.17) is 11.6 Å². The van der Waals surface area contributed by atoms with Crippen LogP contribution in [-0.4, -0.2) is 25.9 Å². The molecule has 0 aliphatic heterocycles. The van der Waals surface area contributed by atoms with Crippen LogP contribution in [0.5, 0.6) is 0 Å². The average Bonchev–Trinajstić information content (AvgIpc) is 2.68. The zero-order valence-electron chi connectivity index (χ0n) is 15.0. The molecule has 0 aliphatic carbocycles. The number of para-hydroxylation sites is 1. The summed E-state index contributed by atoms with van der Waals surface area (Å²) in [5.74, 6) is -0.511. The SMILES string of the molecule is Cc1ccc(S(=O)(=O)N(CC(=O)Nc2cccnc2)c2ccccc2Cl)cc1. The molecule has 1 amide bonds. The minimum atomic E-state index is -4.01. The summed E-state index contributed by atoms with van der Waals surface area (Å²) in [7, 11) is -4.01. The number of carbonyl (C=O) groups is 1. The van der Waals surface area contributed by atoms with Gasteiger partial charge in [0, 0.05) is 6.20 Å². The second kappa shape index (κ2) is 8.41. The molecule has 1 N–H and O–H groups in total. The Bertz CT molecular complexity index is 1070. The van der Waals surface area contributed by atoms with Gasteiger partial charge in [0.1, 0.15) is 6.54 Å². The number of anilines is 2. The molecular formula is C20H18ClN3O3S. The van der Waals surface area contributed by atoms with Crippen molar-refractivity contribution in [1.82, 2.24) is 4.98 Å². The highest BCUT2D eigenvalue weighted by Crippen LogP contribution is 2.30. The van der Waals surface area contributed by atoms with Crippen molar-refractivity contribution in [2.45, 2.75) is 11.8 Å². The van der Waals surface area contributed by atoms with Gasteiger partial charge in [-0.25, -0.2) is 8.42 Å². The molecule has 0 saturated heterocycles. The molecule has 0 fully saturated rings. The van der Waals surface area contributed by atoms with Gasteiger partial charge in [0.2, 0.25) is 5.91 Å². The van der Waals surface area contributed by atoms with Crippen LogP contribution >= 0.6 is 11.6 Å². The Morgan fingerprint density at radius 2 is 1.79 bits per heavy atom. The van der Waals surface area contributed by atoms with Crippen LogP contribution in [0, 0.1) is 6.92 Å². The molecule has 8 heteroatoms. The summed E-state index contributed by atoms with van der Waals surface area (Å²) < 4.78 is 27.5. The normalized spacial score (nSPS) is 11.1. The quantitative estimate of drug-likeness (QED) is 0.662. The number of aryl methyl sites for hydroxylation is 1. The van der Waals surface area contributed by atoms with Crippen molar-refractivity contribution < 1.29 is 13.2 Å². The van der Waals surface area contributed by atoms with Crippen molar-refractivity contribution in [2.24, 2.45) is 0 Å². The summed E-state index contributed by atoms with van der Waals surface area (Å²) in [6.07, 6.45) is 3.06. The molecule has 0 radical (unpaired) electrons. The Hall–Kier alpha value is -2.90. The van der Waals surface area contributed by atoms with Gasteiger partial charge in [-0.3, -0.25) is 14.1 Å². The third-order valence-electron chi connectivity index (χ3n) is 3.96.